The standard InChI is InChI=1S/C22H25N3O4/c26-21(24-20-15-29-14-19(20)13-16-5-7-23-8-6-16)17-1-3-18(4-2-17)22(27)25-9-11-28-12-10-25/h1-8,19-20H,9-15H2,(H,24,26)/t19-,20-/m1/s1. The number of aromatic nitrogens is 1. The van der Waals surface area contributed by atoms with Gasteiger partial charge in [-0.3, -0.25) is 14.6 Å². The van der Waals surface area contributed by atoms with Crippen LogP contribution in [0.25, 0.3) is 0 Å². The normalized spacial score (nSPS) is 21.7. The summed E-state index contributed by atoms with van der Waals surface area (Å²) in [6.07, 6.45) is 4.39. The van der Waals surface area contributed by atoms with Gasteiger partial charge >= 0.3 is 0 Å². The van der Waals surface area contributed by atoms with Gasteiger partial charge in [0.05, 0.1) is 32.5 Å². The first-order valence-corrected chi connectivity index (χ1v) is 9.95. The number of hydrogen-bond donors (Lipinski definition) is 1. The fourth-order valence-electron chi connectivity index (χ4n) is 3.75. The van der Waals surface area contributed by atoms with Gasteiger partial charge in [-0.25, -0.2) is 0 Å². The predicted molar refractivity (Wildman–Crippen MR) is 107 cm³/mol. The summed E-state index contributed by atoms with van der Waals surface area (Å²) in [5.74, 6) is 0.0518. The molecule has 152 valence electrons. The van der Waals surface area contributed by atoms with Gasteiger partial charge in [-0.1, -0.05) is 0 Å². The largest absolute Gasteiger partial charge is 0.379 e. The lowest BCUT2D eigenvalue weighted by molar-refractivity contribution is 0.0303. The molecule has 4 rings (SSSR count). The highest BCUT2D eigenvalue weighted by Crippen LogP contribution is 2.19. The lowest BCUT2D eigenvalue weighted by Crippen LogP contribution is -2.41. The van der Waals surface area contributed by atoms with E-state index in [1.807, 2.05) is 12.1 Å². The van der Waals surface area contributed by atoms with Gasteiger partial charge in [0.15, 0.2) is 0 Å². The van der Waals surface area contributed by atoms with Crippen molar-refractivity contribution >= 4 is 11.8 Å². The topological polar surface area (TPSA) is 80.8 Å². The van der Waals surface area contributed by atoms with Gasteiger partial charge in [-0.15, -0.1) is 0 Å². The fraction of sp³-hybridized carbons (Fsp3) is 0.409. The number of ether oxygens (including phenoxy) is 2. The van der Waals surface area contributed by atoms with Crippen molar-refractivity contribution in [3.05, 3.63) is 65.5 Å². The van der Waals surface area contributed by atoms with Crippen LogP contribution < -0.4 is 5.32 Å². The van der Waals surface area contributed by atoms with Crippen molar-refractivity contribution in [2.24, 2.45) is 5.92 Å². The molecule has 0 aliphatic carbocycles. The Hall–Kier alpha value is -2.77. The second kappa shape index (κ2) is 9.15. The van der Waals surface area contributed by atoms with Crippen molar-refractivity contribution in [2.75, 3.05) is 39.5 Å². The van der Waals surface area contributed by atoms with Crippen LogP contribution in [0, 0.1) is 5.92 Å². The number of pyridine rings is 1. The van der Waals surface area contributed by atoms with E-state index in [2.05, 4.69) is 10.3 Å². The smallest absolute Gasteiger partial charge is 0.254 e. The first kappa shape index (κ1) is 19.5. The van der Waals surface area contributed by atoms with Crippen LogP contribution in [0.3, 0.4) is 0 Å². The summed E-state index contributed by atoms with van der Waals surface area (Å²) < 4.78 is 10.9. The summed E-state index contributed by atoms with van der Waals surface area (Å²) >= 11 is 0. The van der Waals surface area contributed by atoms with Gasteiger partial charge in [0.2, 0.25) is 0 Å². The number of rotatable bonds is 5. The summed E-state index contributed by atoms with van der Waals surface area (Å²) in [4.78, 5) is 31.0. The minimum Gasteiger partial charge on any atom is -0.379 e. The van der Waals surface area contributed by atoms with Gasteiger partial charge in [0.1, 0.15) is 0 Å². The third-order valence-electron chi connectivity index (χ3n) is 5.45. The third-order valence-corrected chi connectivity index (χ3v) is 5.45. The number of hydrogen-bond acceptors (Lipinski definition) is 5. The highest BCUT2D eigenvalue weighted by molar-refractivity contribution is 5.98. The SMILES string of the molecule is O=C(N[C@@H]1COC[C@H]1Cc1ccncc1)c1ccc(C(=O)N2CCOCC2)cc1. The van der Waals surface area contributed by atoms with E-state index in [-0.39, 0.29) is 23.8 Å². The molecule has 29 heavy (non-hydrogen) atoms. The van der Waals surface area contributed by atoms with Gasteiger partial charge in [-0.05, 0) is 48.4 Å². The Morgan fingerprint density at radius 2 is 1.66 bits per heavy atom. The number of morpholine rings is 1. The minimum absolute atomic E-state index is 0.0260. The minimum atomic E-state index is -0.148. The molecule has 7 heteroatoms. The van der Waals surface area contributed by atoms with Gasteiger partial charge in [0.25, 0.3) is 11.8 Å². The van der Waals surface area contributed by atoms with Crippen LogP contribution in [0.15, 0.2) is 48.8 Å². The molecule has 0 spiro atoms. The lowest BCUT2D eigenvalue weighted by Gasteiger charge is -2.26. The molecule has 2 aliphatic heterocycles. The van der Waals surface area contributed by atoms with E-state index < -0.39 is 0 Å². The monoisotopic (exact) mass is 395 g/mol. The molecule has 2 amide bonds. The number of nitrogens with one attached hydrogen (secondary N) is 1. The number of carbonyl (C=O) groups is 2. The molecule has 0 radical (unpaired) electrons. The molecule has 7 nitrogen and oxygen atoms in total. The van der Waals surface area contributed by atoms with E-state index in [0.717, 1.165) is 6.42 Å². The Kier molecular flexibility index (Phi) is 6.17. The highest BCUT2D eigenvalue weighted by Gasteiger charge is 2.30. The van der Waals surface area contributed by atoms with E-state index in [0.29, 0.717) is 50.6 Å². The highest BCUT2D eigenvalue weighted by atomic mass is 16.5. The summed E-state index contributed by atoms with van der Waals surface area (Å²) in [5.41, 5.74) is 2.31. The van der Waals surface area contributed by atoms with Crippen LogP contribution in [-0.2, 0) is 15.9 Å². The van der Waals surface area contributed by atoms with Crippen molar-refractivity contribution in [2.45, 2.75) is 12.5 Å². The Balaban J connectivity index is 1.36. The van der Waals surface area contributed by atoms with Crippen LogP contribution in [0.5, 0.6) is 0 Å². The molecule has 2 aliphatic rings. The second-order valence-electron chi connectivity index (χ2n) is 7.42. The third kappa shape index (κ3) is 4.81. The molecule has 2 aromatic rings. The zero-order valence-corrected chi connectivity index (χ0v) is 16.3. The molecule has 2 saturated heterocycles. The summed E-state index contributed by atoms with van der Waals surface area (Å²) in [6.45, 7) is 3.46. The summed E-state index contributed by atoms with van der Waals surface area (Å²) in [5, 5.41) is 3.09. The van der Waals surface area contributed by atoms with Crippen molar-refractivity contribution < 1.29 is 19.1 Å². The van der Waals surface area contributed by atoms with Crippen LogP contribution in [-0.4, -0.2) is 67.3 Å². The number of amides is 2. The molecule has 3 heterocycles. The number of carbonyl (C=O) groups excluding carboxylic acids is 2. The molecular formula is C22H25N3O4. The Labute approximate surface area is 170 Å². The number of nitrogens with zero attached hydrogens (tertiary/aromatic N) is 2. The van der Waals surface area contributed by atoms with Crippen LogP contribution in [0.1, 0.15) is 26.3 Å². The summed E-state index contributed by atoms with van der Waals surface area (Å²) in [6, 6.07) is 10.8. The molecular weight excluding hydrogens is 370 g/mol. The van der Waals surface area contributed by atoms with E-state index in [4.69, 9.17) is 9.47 Å². The van der Waals surface area contributed by atoms with Gasteiger partial charge in [-0.2, -0.15) is 0 Å². The fourth-order valence-corrected chi connectivity index (χ4v) is 3.75. The maximum Gasteiger partial charge on any atom is 0.254 e. The predicted octanol–water partition coefficient (Wildman–Crippen LogP) is 1.54. The van der Waals surface area contributed by atoms with Crippen molar-refractivity contribution in [3.63, 3.8) is 0 Å². The Bertz CT molecular complexity index is 835. The van der Waals surface area contributed by atoms with E-state index in [1.165, 1.54) is 5.56 Å². The van der Waals surface area contributed by atoms with Crippen molar-refractivity contribution in [3.8, 4) is 0 Å². The van der Waals surface area contributed by atoms with E-state index >= 15 is 0 Å². The molecule has 0 bridgehead atoms. The molecule has 2 fully saturated rings. The van der Waals surface area contributed by atoms with E-state index in [1.54, 1.807) is 41.6 Å². The average Bonchev–Trinajstić information content (AvgIpc) is 3.21. The zero-order valence-electron chi connectivity index (χ0n) is 16.3. The molecule has 1 aromatic heterocycles. The molecule has 0 unspecified atom stereocenters. The number of benzene rings is 1. The quantitative estimate of drug-likeness (QED) is 0.831. The van der Waals surface area contributed by atoms with Crippen molar-refractivity contribution in [1.82, 2.24) is 15.2 Å². The Morgan fingerprint density at radius 3 is 2.38 bits per heavy atom. The molecule has 2 atom stereocenters. The van der Waals surface area contributed by atoms with Gasteiger partial charge < -0.3 is 19.7 Å². The van der Waals surface area contributed by atoms with Crippen LogP contribution in [0.2, 0.25) is 0 Å². The summed E-state index contributed by atoms with van der Waals surface area (Å²) in [7, 11) is 0. The zero-order chi connectivity index (χ0) is 20.1. The lowest BCUT2D eigenvalue weighted by atomic mass is 9.95. The van der Waals surface area contributed by atoms with Crippen LogP contribution in [0.4, 0.5) is 0 Å². The Morgan fingerprint density at radius 1 is 0.966 bits per heavy atom. The van der Waals surface area contributed by atoms with Crippen molar-refractivity contribution in [1.29, 1.82) is 0 Å². The van der Waals surface area contributed by atoms with Crippen LogP contribution >= 0.6 is 0 Å². The van der Waals surface area contributed by atoms with E-state index in [9.17, 15) is 9.59 Å². The molecule has 1 aromatic carbocycles. The maximum absolute atomic E-state index is 12.7. The molecule has 1 N–H and O–H groups in total. The second-order valence-corrected chi connectivity index (χ2v) is 7.42. The first-order valence-electron chi connectivity index (χ1n) is 9.95. The first-order chi connectivity index (χ1) is 14.2. The average molecular weight is 395 g/mol. The molecule has 0 saturated carbocycles. The van der Waals surface area contributed by atoms with Gasteiger partial charge in [0, 0.05) is 42.5 Å². The maximum atomic E-state index is 12.7.